The summed E-state index contributed by atoms with van der Waals surface area (Å²) in [5, 5.41) is 2.87. The lowest BCUT2D eigenvalue weighted by Crippen LogP contribution is -2.28. The number of nitrogens with zero attached hydrogens (tertiary/aromatic N) is 1. The van der Waals surface area contributed by atoms with Crippen LogP contribution >= 0.6 is 15.9 Å². The zero-order valence-corrected chi connectivity index (χ0v) is 13.4. The van der Waals surface area contributed by atoms with Crippen molar-refractivity contribution in [3.63, 3.8) is 0 Å². The molecule has 0 spiro atoms. The molecule has 0 aliphatic carbocycles. The van der Waals surface area contributed by atoms with Crippen LogP contribution in [-0.2, 0) is 9.59 Å². The van der Waals surface area contributed by atoms with Gasteiger partial charge in [0.15, 0.2) is 0 Å². The van der Waals surface area contributed by atoms with Crippen molar-refractivity contribution in [1.29, 1.82) is 0 Å². The molecule has 4 nitrogen and oxygen atoms in total. The van der Waals surface area contributed by atoms with E-state index in [9.17, 15) is 9.59 Å². The van der Waals surface area contributed by atoms with E-state index < -0.39 is 0 Å². The fourth-order valence-corrected chi connectivity index (χ4v) is 2.95. The highest BCUT2D eigenvalue weighted by molar-refractivity contribution is 9.10. The third-order valence-corrected chi connectivity index (χ3v) is 4.15. The second kappa shape index (κ2) is 6.32. The lowest BCUT2D eigenvalue weighted by Gasteiger charge is -2.16. The van der Waals surface area contributed by atoms with Gasteiger partial charge in [0.25, 0.3) is 0 Å². The highest BCUT2D eigenvalue weighted by Crippen LogP contribution is 2.26. The number of benzene rings is 2. The summed E-state index contributed by atoms with van der Waals surface area (Å²) in [6.07, 6.45) is 0.245. The molecule has 5 heteroatoms. The van der Waals surface area contributed by atoms with Crippen LogP contribution in [0.2, 0.25) is 0 Å². The van der Waals surface area contributed by atoms with E-state index in [2.05, 4.69) is 21.2 Å². The van der Waals surface area contributed by atoms with E-state index in [0.717, 1.165) is 15.8 Å². The number of halogens is 1. The number of anilines is 2. The van der Waals surface area contributed by atoms with E-state index in [0.29, 0.717) is 6.54 Å². The molecule has 2 aromatic carbocycles. The average Bonchev–Trinajstić information content (AvgIpc) is 2.90. The Labute approximate surface area is 137 Å². The van der Waals surface area contributed by atoms with Crippen molar-refractivity contribution in [2.45, 2.75) is 6.42 Å². The van der Waals surface area contributed by atoms with Crippen LogP contribution in [0.25, 0.3) is 0 Å². The molecule has 1 saturated heterocycles. The van der Waals surface area contributed by atoms with Gasteiger partial charge in [-0.3, -0.25) is 9.59 Å². The molecule has 1 heterocycles. The fourth-order valence-electron chi connectivity index (χ4n) is 2.55. The van der Waals surface area contributed by atoms with Gasteiger partial charge < -0.3 is 10.2 Å². The van der Waals surface area contributed by atoms with Crippen LogP contribution in [-0.4, -0.2) is 18.4 Å². The van der Waals surface area contributed by atoms with Crippen LogP contribution in [0.15, 0.2) is 59.1 Å². The molecule has 1 unspecified atom stereocenters. The van der Waals surface area contributed by atoms with Crippen LogP contribution in [0, 0.1) is 5.92 Å². The van der Waals surface area contributed by atoms with Crippen molar-refractivity contribution in [3.8, 4) is 0 Å². The Kier molecular flexibility index (Phi) is 4.24. The van der Waals surface area contributed by atoms with Gasteiger partial charge in [-0.05, 0) is 30.3 Å². The second-order valence-corrected chi connectivity index (χ2v) is 6.16. The first-order valence-electron chi connectivity index (χ1n) is 7.05. The van der Waals surface area contributed by atoms with Gasteiger partial charge in [0.1, 0.15) is 0 Å². The lowest BCUT2D eigenvalue weighted by molar-refractivity contribution is -0.122. The lowest BCUT2D eigenvalue weighted by atomic mass is 10.1. The summed E-state index contributed by atoms with van der Waals surface area (Å²) in [6, 6.07) is 16.9. The van der Waals surface area contributed by atoms with Crippen molar-refractivity contribution in [3.05, 3.63) is 59.1 Å². The third-order valence-electron chi connectivity index (χ3n) is 3.66. The van der Waals surface area contributed by atoms with Gasteiger partial charge in [0.05, 0.1) is 5.92 Å². The maximum Gasteiger partial charge on any atom is 0.229 e. The van der Waals surface area contributed by atoms with E-state index >= 15 is 0 Å². The molecule has 2 aromatic rings. The molecule has 1 atom stereocenters. The van der Waals surface area contributed by atoms with Crippen LogP contribution < -0.4 is 10.2 Å². The van der Waals surface area contributed by atoms with Gasteiger partial charge >= 0.3 is 0 Å². The van der Waals surface area contributed by atoms with Crippen LogP contribution in [0.4, 0.5) is 11.4 Å². The van der Waals surface area contributed by atoms with Crippen LogP contribution in [0.1, 0.15) is 6.42 Å². The molecule has 2 amide bonds. The van der Waals surface area contributed by atoms with Gasteiger partial charge in [-0.15, -0.1) is 0 Å². The number of nitrogens with one attached hydrogen (secondary N) is 1. The van der Waals surface area contributed by atoms with E-state index in [1.807, 2.05) is 54.6 Å². The van der Waals surface area contributed by atoms with Gasteiger partial charge in [0.2, 0.25) is 11.8 Å². The molecular weight excluding hydrogens is 344 g/mol. The van der Waals surface area contributed by atoms with Crippen molar-refractivity contribution in [2.24, 2.45) is 5.92 Å². The molecular formula is C17H15BrN2O2. The molecule has 1 N–H and O–H groups in total. The SMILES string of the molecule is O=C(Nc1cccc(Br)c1)C1CC(=O)N(c2ccccc2)C1. The minimum atomic E-state index is -0.327. The van der Waals surface area contributed by atoms with E-state index in [1.54, 1.807) is 4.90 Å². The summed E-state index contributed by atoms with van der Waals surface area (Å²) in [7, 11) is 0. The summed E-state index contributed by atoms with van der Waals surface area (Å²) >= 11 is 3.37. The summed E-state index contributed by atoms with van der Waals surface area (Å²) in [6.45, 7) is 0.419. The van der Waals surface area contributed by atoms with Crippen LogP contribution in [0.3, 0.4) is 0 Å². The Bertz CT molecular complexity index is 703. The largest absolute Gasteiger partial charge is 0.326 e. The van der Waals surface area contributed by atoms with Crippen molar-refractivity contribution in [2.75, 3.05) is 16.8 Å². The standard InChI is InChI=1S/C17H15BrN2O2/c18-13-5-4-6-14(10-13)19-17(22)12-9-16(21)20(11-12)15-7-2-1-3-8-15/h1-8,10,12H,9,11H2,(H,19,22). The average molecular weight is 359 g/mol. The maximum atomic E-state index is 12.3. The van der Waals surface area contributed by atoms with Gasteiger partial charge in [0, 0.05) is 28.8 Å². The van der Waals surface area contributed by atoms with Crippen molar-refractivity contribution in [1.82, 2.24) is 0 Å². The number of amides is 2. The molecule has 1 fully saturated rings. The molecule has 0 aromatic heterocycles. The quantitative estimate of drug-likeness (QED) is 0.913. The molecule has 112 valence electrons. The first-order valence-corrected chi connectivity index (χ1v) is 7.84. The maximum absolute atomic E-state index is 12.3. The number of carbonyl (C=O) groups excluding carboxylic acids is 2. The number of hydrogen-bond donors (Lipinski definition) is 1. The zero-order valence-electron chi connectivity index (χ0n) is 11.8. The summed E-state index contributed by atoms with van der Waals surface area (Å²) in [5.74, 6) is -0.461. The Morgan fingerprint density at radius 3 is 2.64 bits per heavy atom. The third kappa shape index (κ3) is 3.20. The van der Waals surface area contributed by atoms with E-state index in [1.165, 1.54) is 0 Å². The number of hydrogen-bond acceptors (Lipinski definition) is 2. The van der Waals surface area contributed by atoms with E-state index in [-0.39, 0.29) is 24.2 Å². The summed E-state index contributed by atoms with van der Waals surface area (Å²) < 4.78 is 0.902. The molecule has 1 aliphatic rings. The molecule has 0 bridgehead atoms. The Morgan fingerprint density at radius 2 is 1.91 bits per heavy atom. The molecule has 0 radical (unpaired) electrons. The van der Waals surface area contributed by atoms with Gasteiger partial charge in [-0.25, -0.2) is 0 Å². The van der Waals surface area contributed by atoms with Crippen molar-refractivity contribution < 1.29 is 9.59 Å². The minimum Gasteiger partial charge on any atom is -0.326 e. The summed E-state index contributed by atoms with van der Waals surface area (Å²) in [4.78, 5) is 26.1. The topological polar surface area (TPSA) is 49.4 Å². The van der Waals surface area contributed by atoms with Crippen molar-refractivity contribution >= 4 is 39.1 Å². The molecule has 0 saturated carbocycles. The number of rotatable bonds is 3. The van der Waals surface area contributed by atoms with Gasteiger partial charge in [-0.2, -0.15) is 0 Å². The second-order valence-electron chi connectivity index (χ2n) is 5.24. The highest BCUT2D eigenvalue weighted by Gasteiger charge is 2.35. The number of para-hydroxylation sites is 1. The van der Waals surface area contributed by atoms with E-state index in [4.69, 9.17) is 0 Å². The normalized spacial score (nSPS) is 17.6. The predicted octanol–water partition coefficient (Wildman–Crippen LogP) is 3.44. The fraction of sp³-hybridized carbons (Fsp3) is 0.176. The first-order chi connectivity index (χ1) is 10.6. The number of carbonyl (C=O) groups is 2. The molecule has 1 aliphatic heterocycles. The summed E-state index contributed by atoms with van der Waals surface area (Å²) in [5.41, 5.74) is 1.57. The zero-order chi connectivity index (χ0) is 15.5. The predicted molar refractivity (Wildman–Crippen MR) is 89.7 cm³/mol. The van der Waals surface area contributed by atoms with Crippen LogP contribution in [0.5, 0.6) is 0 Å². The molecule has 3 rings (SSSR count). The molecule has 22 heavy (non-hydrogen) atoms. The monoisotopic (exact) mass is 358 g/mol. The Balaban J connectivity index is 1.69. The highest BCUT2D eigenvalue weighted by atomic mass is 79.9. The first kappa shape index (κ1) is 14.8. The Morgan fingerprint density at radius 1 is 1.14 bits per heavy atom. The van der Waals surface area contributed by atoms with Gasteiger partial charge in [-0.1, -0.05) is 40.2 Å². The minimum absolute atomic E-state index is 0.0133. The Hall–Kier alpha value is -2.14. The smallest absolute Gasteiger partial charge is 0.229 e.